The van der Waals surface area contributed by atoms with Crippen LogP contribution in [0.3, 0.4) is 0 Å². The molecule has 194 valence electrons. The van der Waals surface area contributed by atoms with E-state index in [9.17, 15) is 22.4 Å². The number of carbonyl (C=O) groups excluding carboxylic acids is 1. The second-order valence-corrected chi connectivity index (χ2v) is 8.45. The zero-order valence-corrected chi connectivity index (χ0v) is 19.3. The molecular weight excluding hydrogens is 500 g/mol. The minimum atomic E-state index is -4.49. The highest BCUT2D eigenvalue weighted by atomic mass is 19.4. The summed E-state index contributed by atoms with van der Waals surface area (Å²) in [5.41, 5.74) is 4.91. The summed E-state index contributed by atoms with van der Waals surface area (Å²) in [6.45, 7) is 0.732. The molecule has 0 radical (unpaired) electrons. The first kappa shape index (κ1) is 24.4. The van der Waals surface area contributed by atoms with Crippen molar-refractivity contribution in [1.82, 2.24) is 24.9 Å². The SMILES string of the molecule is COCCn1nc(-c2ccc(NC(=O)Nc3cc(C4(C(F)(F)F)CC4)on3)c(F)c2)c2c(N)ncnc21. The molecule has 0 bridgehead atoms. The zero-order valence-electron chi connectivity index (χ0n) is 19.3. The lowest BCUT2D eigenvalue weighted by atomic mass is 10.0. The number of hydrogen-bond donors (Lipinski definition) is 3. The fraction of sp³-hybridized carbons (Fsp3) is 0.318. The quantitative estimate of drug-likeness (QED) is 0.309. The van der Waals surface area contributed by atoms with Crippen molar-refractivity contribution in [3.63, 3.8) is 0 Å². The molecule has 0 spiro atoms. The molecule has 0 saturated heterocycles. The summed E-state index contributed by atoms with van der Waals surface area (Å²) < 4.78 is 66.1. The number of halogens is 4. The molecule has 1 saturated carbocycles. The summed E-state index contributed by atoms with van der Waals surface area (Å²) in [4.78, 5) is 20.5. The topological polar surface area (TPSA) is 146 Å². The molecule has 15 heteroatoms. The Bertz CT molecular complexity index is 1480. The highest BCUT2D eigenvalue weighted by Gasteiger charge is 2.66. The van der Waals surface area contributed by atoms with Gasteiger partial charge in [0.2, 0.25) is 0 Å². The molecule has 0 unspecified atom stereocenters. The predicted octanol–water partition coefficient (Wildman–Crippen LogP) is 4.09. The lowest BCUT2D eigenvalue weighted by Gasteiger charge is -2.14. The Morgan fingerprint density at radius 3 is 2.70 bits per heavy atom. The summed E-state index contributed by atoms with van der Waals surface area (Å²) >= 11 is 0. The third-order valence-corrected chi connectivity index (χ3v) is 6.07. The maximum atomic E-state index is 14.9. The van der Waals surface area contributed by atoms with Gasteiger partial charge in [-0.2, -0.15) is 18.3 Å². The predicted molar refractivity (Wildman–Crippen MR) is 123 cm³/mol. The average molecular weight is 520 g/mol. The summed E-state index contributed by atoms with van der Waals surface area (Å²) in [7, 11) is 1.54. The molecule has 5 rings (SSSR count). The Balaban J connectivity index is 1.33. The molecule has 3 aromatic heterocycles. The normalized spacial score (nSPS) is 14.6. The van der Waals surface area contributed by atoms with Crippen LogP contribution in [0.2, 0.25) is 0 Å². The van der Waals surface area contributed by atoms with Crippen LogP contribution in [0.15, 0.2) is 35.1 Å². The van der Waals surface area contributed by atoms with Crippen molar-refractivity contribution < 1.29 is 31.6 Å². The monoisotopic (exact) mass is 520 g/mol. The molecule has 3 heterocycles. The van der Waals surface area contributed by atoms with Crippen molar-refractivity contribution in [1.29, 1.82) is 0 Å². The van der Waals surface area contributed by atoms with Crippen LogP contribution in [0.5, 0.6) is 0 Å². The number of rotatable bonds is 7. The van der Waals surface area contributed by atoms with E-state index in [2.05, 4.69) is 30.9 Å². The average Bonchev–Trinajstić information content (AvgIpc) is 3.41. The smallest absolute Gasteiger partial charge is 0.383 e. The molecule has 37 heavy (non-hydrogen) atoms. The summed E-state index contributed by atoms with van der Waals surface area (Å²) in [5.74, 6) is -1.25. The van der Waals surface area contributed by atoms with E-state index in [1.54, 1.807) is 11.8 Å². The van der Waals surface area contributed by atoms with E-state index in [1.807, 2.05) is 0 Å². The van der Waals surface area contributed by atoms with Crippen molar-refractivity contribution >= 4 is 34.4 Å². The number of nitrogens with two attached hydrogens (primary N) is 1. The van der Waals surface area contributed by atoms with E-state index in [1.165, 1.54) is 18.5 Å². The third kappa shape index (κ3) is 4.41. The van der Waals surface area contributed by atoms with E-state index in [4.69, 9.17) is 15.0 Å². The highest BCUT2D eigenvalue weighted by Crippen LogP contribution is 2.59. The minimum Gasteiger partial charge on any atom is -0.383 e. The second kappa shape index (κ2) is 8.99. The van der Waals surface area contributed by atoms with Crippen LogP contribution in [-0.2, 0) is 16.7 Å². The number of anilines is 3. The number of amides is 2. The van der Waals surface area contributed by atoms with Gasteiger partial charge in [-0.05, 0) is 25.0 Å². The Labute approximate surface area is 206 Å². The third-order valence-electron chi connectivity index (χ3n) is 6.07. The van der Waals surface area contributed by atoms with E-state index >= 15 is 0 Å². The molecule has 1 fully saturated rings. The highest BCUT2D eigenvalue weighted by molar-refractivity contribution is 6.00. The number of urea groups is 1. The van der Waals surface area contributed by atoms with Crippen molar-refractivity contribution in [3.8, 4) is 11.3 Å². The molecule has 1 aliphatic rings. The number of nitrogens with one attached hydrogen (secondary N) is 2. The van der Waals surface area contributed by atoms with Gasteiger partial charge in [-0.15, -0.1) is 0 Å². The van der Waals surface area contributed by atoms with E-state index < -0.39 is 23.4 Å². The molecule has 1 aliphatic carbocycles. The number of carbonyl (C=O) groups is 1. The lowest BCUT2D eigenvalue weighted by molar-refractivity contribution is -0.165. The summed E-state index contributed by atoms with van der Waals surface area (Å²) in [6.07, 6.45) is -3.43. The number of benzene rings is 1. The van der Waals surface area contributed by atoms with Gasteiger partial charge in [0, 0.05) is 18.7 Å². The Morgan fingerprint density at radius 1 is 1.24 bits per heavy atom. The van der Waals surface area contributed by atoms with Crippen LogP contribution in [0.25, 0.3) is 22.3 Å². The van der Waals surface area contributed by atoms with Gasteiger partial charge in [0.25, 0.3) is 0 Å². The van der Waals surface area contributed by atoms with E-state index in [0.29, 0.717) is 35.4 Å². The van der Waals surface area contributed by atoms with Gasteiger partial charge in [-0.1, -0.05) is 11.2 Å². The molecule has 0 atom stereocenters. The first-order chi connectivity index (χ1) is 17.6. The van der Waals surface area contributed by atoms with Crippen molar-refractivity contribution in [2.24, 2.45) is 0 Å². The number of fused-ring (bicyclic) bond motifs is 1. The number of alkyl halides is 3. The fourth-order valence-corrected chi connectivity index (χ4v) is 3.95. The molecular formula is C22H20F4N8O3. The van der Waals surface area contributed by atoms with E-state index in [0.717, 1.165) is 12.1 Å². The Kier molecular flexibility index (Phi) is 5.94. The molecule has 4 aromatic rings. The second-order valence-electron chi connectivity index (χ2n) is 8.45. The minimum absolute atomic E-state index is 0.118. The van der Waals surface area contributed by atoms with Crippen LogP contribution in [0, 0.1) is 5.82 Å². The molecule has 11 nitrogen and oxygen atoms in total. The Morgan fingerprint density at radius 2 is 2.03 bits per heavy atom. The molecule has 1 aromatic carbocycles. The number of hydrogen-bond acceptors (Lipinski definition) is 8. The van der Waals surface area contributed by atoms with Gasteiger partial charge in [0.1, 0.15) is 29.1 Å². The van der Waals surface area contributed by atoms with Crippen LogP contribution in [-0.4, -0.2) is 50.8 Å². The number of methoxy groups -OCH3 is 1. The first-order valence-corrected chi connectivity index (χ1v) is 11.0. The van der Waals surface area contributed by atoms with Crippen molar-refractivity contribution in [2.75, 3.05) is 30.1 Å². The first-order valence-electron chi connectivity index (χ1n) is 11.0. The molecule has 4 N–H and O–H groups in total. The number of nitrogen functional groups attached to an aromatic ring is 1. The number of nitrogens with zero attached hydrogens (tertiary/aromatic N) is 5. The van der Waals surface area contributed by atoms with Gasteiger partial charge in [0.15, 0.2) is 17.2 Å². The van der Waals surface area contributed by atoms with Gasteiger partial charge in [-0.3, -0.25) is 5.32 Å². The van der Waals surface area contributed by atoms with Gasteiger partial charge in [-0.25, -0.2) is 23.8 Å². The van der Waals surface area contributed by atoms with Crippen LogP contribution < -0.4 is 16.4 Å². The lowest BCUT2D eigenvalue weighted by Crippen LogP contribution is -2.28. The largest absolute Gasteiger partial charge is 0.401 e. The van der Waals surface area contributed by atoms with Crippen LogP contribution >= 0.6 is 0 Å². The zero-order chi connectivity index (χ0) is 26.4. The standard InChI is InChI=1S/C22H20F4N8O3/c1-36-7-6-34-19-16(18(27)28-10-29-19)17(32-34)11-2-3-13(12(23)8-11)30-20(35)31-15-9-14(37-33-15)21(4-5-21)22(24,25)26/h2-3,8-10H,4-7H2,1H3,(H2,27,28,29)(H2,30,31,33,35). The van der Waals surface area contributed by atoms with Gasteiger partial charge >= 0.3 is 12.2 Å². The number of ether oxygens (including phenoxy) is 1. The fourth-order valence-electron chi connectivity index (χ4n) is 3.95. The maximum Gasteiger partial charge on any atom is 0.401 e. The van der Waals surface area contributed by atoms with Gasteiger partial charge in [0.05, 0.1) is 24.2 Å². The number of aromatic nitrogens is 5. The van der Waals surface area contributed by atoms with Crippen molar-refractivity contribution in [2.45, 2.75) is 31.0 Å². The van der Waals surface area contributed by atoms with E-state index in [-0.39, 0.29) is 35.9 Å². The van der Waals surface area contributed by atoms with Crippen molar-refractivity contribution in [3.05, 3.63) is 42.2 Å². The summed E-state index contributed by atoms with van der Waals surface area (Å²) in [5, 5.41) is 12.9. The Hall–Kier alpha value is -4.27. The molecule has 2 amide bonds. The summed E-state index contributed by atoms with van der Waals surface area (Å²) in [6, 6.07) is 4.06. The van der Waals surface area contributed by atoms with Crippen LogP contribution in [0.4, 0.5) is 39.7 Å². The van der Waals surface area contributed by atoms with Gasteiger partial charge < -0.3 is 20.3 Å². The van der Waals surface area contributed by atoms with Crippen LogP contribution in [0.1, 0.15) is 18.6 Å². The molecule has 0 aliphatic heterocycles. The maximum absolute atomic E-state index is 14.9.